The number of fused-ring (bicyclic) bond motifs is 5. The van der Waals surface area contributed by atoms with Gasteiger partial charge in [-0.2, -0.15) is 8.42 Å². The SMILES string of the molecule is CC(C)=CC(=O)CC(C)(O)[C@H]1CCC2C3C[C@H](O[C@@H]4O[C@H](C)[C@@H](O)[C@H](O[C@@H]5OC[C@@H](O[C@@H]6O[C@H](C)[C@@H](O)[C@H](O)[C@H]6O[C@@H]6O[C@H](C)[C@H](O)[C@H](O)[C@H]6O)[C@H](O)[C@H]5O[C@@H]5O[C@H](C)[C@@H](O)[C@H](O)[C@H]5O)[C@H]4O)C4C[C@@H](OS(=O)(=O)O)CC[C@]4(C)C3=CC[C@@]21C. The number of aliphatic hydroxyl groups excluding tert-OH is 11. The highest BCUT2D eigenvalue weighted by molar-refractivity contribution is 7.80. The van der Waals surface area contributed by atoms with Crippen LogP contribution in [0.25, 0.3) is 0 Å². The number of carbonyl (C=O) groups excluding carboxylic acids is 1. The Morgan fingerprint density at radius 2 is 1.13 bits per heavy atom. The Labute approximate surface area is 488 Å². The molecule has 27 nitrogen and oxygen atoms in total. The average molecular weight is 1230 g/mol. The summed E-state index contributed by atoms with van der Waals surface area (Å²) >= 11 is 0. The smallest absolute Gasteiger partial charge is 0.389 e. The summed E-state index contributed by atoms with van der Waals surface area (Å²) in [6, 6.07) is 0. The van der Waals surface area contributed by atoms with E-state index in [4.69, 9.17) is 51.6 Å². The van der Waals surface area contributed by atoms with Crippen LogP contribution >= 0.6 is 0 Å². The Morgan fingerprint density at radius 3 is 1.70 bits per heavy atom. The molecule has 33 atom stereocenters. The van der Waals surface area contributed by atoms with Crippen molar-refractivity contribution in [2.75, 3.05) is 6.61 Å². The van der Waals surface area contributed by atoms with Crippen LogP contribution in [0.5, 0.6) is 0 Å². The number of aliphatic hydroxyl groups is 12. The van der Waals surface area contributed by atoms with Crippen LogP contribution < -0.4 is 0 Å². The third kappa shape index (κ3) is 13.0. The highest BCUT2D eigenvalue weighted by Gasteiger charge is 2.64. The molecular weight excluding hydrogens is 1140 g/mol. The fourth-order valence-electron chi connectivity index (χ4n) is 15.5. The van der Waals surface area contributed by atoms with Crippen molar-refractivity contribution in [1.82, 2.24) is 0 Å². The van der Waals surface area contributed by atoms with Crippen molar-refractivity contribution in [3.8, 4) is 0 Å². The molecule has 5 heterocycles. The Hall–Kier alpha value is -1.86. The van der Waals surface area contributed by atoms with Gasteiger partial charge in [0.2, 0.25) is 0 Å². The van der Waals surface area contributed by atoms with Gasteiger partial charge in [0.1, 0.15) is 91.6 Å². The third-order valence-corrected chi connectivity index (χ3v) is 20.6. The van der Waals surface area contributed by atoms with Gasteiger partial charge in [-0.25, -0.2) is 4.18 Å². The van der Waals surface area contributed by atoms with Gasteiger partial charge in [-0.15, -0.1) is 0 Å². The van der Waals surface area contributed by atoms with Crippen molar-refractivity contribution in [2.24, 2.45) is 34.5 Å². The van der Waals surface area contributed by atoms with Crippen LogP contribution in [-0.4, -0.2) is 252 Å². The van der Waals surface area contributed by atoms with Crippen LogP contribution in [0.1, 0.15) is 114 Å². The molecule has 9 rings (SSSR count). The number of ketones is 1. The van der Waals surface area contributed by atoms with E-state index in [0.29, 0.717) is 32.1 Å². The van der Waals surface area contributed by atoms with Crippen LogP contribution in [0, 0.1) is 34.5 Å². The van der Waals surface area contributed by atoms with Crippen molar-refractivity contribution in [2.45, 2.75) is 279 Å². The standard InChI is InChI=1S/C56H90O27S/c1-21(2)16-26(57)19-56(9,69)34-11-10-29-28-18-32(31-17-27(83-84(70,71)72)12-14-54(31,7)30(28)13-15-55(29,34)8)78-51-45(68)46(38(61)25(6)76-51)80-52-47(81-49-43(66)40(63)35(58)22(3)74-49)39(62)33(20-73-52)79-53-48(42(65)37(60)24(5)77-53)82-50-44(67)41(64)36(59)23(4)75-50/h13,16,22-25,27-29,31-53,58-69H,10-12,14-15,17-20H2,1-9H3,(H,70,71,72)/t22-,23-,24-,25-,27+,28?,29?,31?,32+,33-,34+,35-,36+,37-,38-,39+,40+,41+,42+,43-,44-,45-,46+,47-,48-,49+,50+,51+,52+,53+,54-,55+,56?/m1/s1. The molecule has 28 heteroatoms. The Bertz CT molecular complexity index is 2460. The zero-order valence-electron chi connectivity index (χ0n) is 48.8. The molecule has 4 aliphatic carbocycles. The normalized spacial score (nSPS) is 51.6. The highest BCUT2D eigenvalue weighted by atomic mass is 32.3. The summed E-state index contributed by atoms with van der Waals surface area (Å²) in [6.45, 7) is 14.7. The number of allylic oxidation sites excluding steroid dienone is 4. The zero-order chi connectivity index (χ0) is 61.6. The van der Waals surface area contributed by atoms with E-state index in [1.54, 1.807) is 6.92 Å². The lowest BCUT2D eigenvalue weighted by atomic mass is 9.47. The molecule has 13 N–H and O–H groups in total. The van der Waals surface area contributed by atoms with E-state index < -0.39 is 199 Å². The molecule has 8 fully saturated rings. The average Bonchev–Trinajstić information content (AvgIpc) is 1.36. The molecule has 0 radical (unpaired) electrons. The van der Waals surface area contributed by atoms with E-state index in [0.717, 1.165) is 11.1 Å². The lowest BCUT2D eigenvalue weighted by Gasteiger charge is -2.60. The van der Waals surface area contributed by atoms with Gasteiger partial charge in [0, 0.05) is 6.42 Å². The summed E-state index contributed by atoms with van der Waals surface area (Å²) in [5.74, 6) is -1.09. The Kier molecular flexibility index (Phi) is 20.2. The Morgan fingerprint density at radius 1 is 0.619 bits per heavy atom. The summed E-state index contributed by atoms with van der Waals surface area (Å²) < 4.78 is 101. The number of hydrogen-bond acceptors (Lipinski definition) is 26. The molecule has 3 saturated carbocycles. The molecule has 0 bridgehead atoms. The molecule has 0 amide bonds. The molecule has 5 aliphatic heterocycles. The molecule has 482 valence electrons. The fourth-order valence-corrected chi connectivity index (χ4v) is 16.0. The van der Waals surface area contributed by atoms with Gasteiger partial charge in [0.25, 0.3) is 0 Å². The summed E-state index contributed by atoms with van der Waals surface area (Å²) in [4.78, 5) is 13.1. The minimum atomic E-state index is -4.88. The van der Waals surface area contributed by atoms with Gasteiger partial charge in [0.15, 0.2) is 37.2 Å². The Balaban J connectivity index is 0.980. The van der Waals surface area contributed by atoms with E-state index in [-0.39, 0.29) is 42.8 Å². The quantitative estimate of drug-likeness (QED) is 0.0464. The van der Waals surface area contributed by atoms with E-state index in [1.807, 2.05) is 13.8 Å². The molecule has 0 spiro atoms. The maximum absolute atomic E-state index is 13.1. The number of hydrogen-bond donors (Lipinski definition) is 13. The molecular formula is C56H90O27S. The van der Waals surface area contributed by atoms with Gasteiger partial charge in [-0.1, -0.05) is 31.1 Å². The van der Waals surface area contributed by atoms with Crippen molar-refractivity contribution in [3.05, 3.63) is 23.3 Å². The molecule has 0 aromatic carbocycles. The van der Waals surface area contributed by atoms with Gasteiger partial charge in [-0.3, -0.25) is 9.35 Å². The van der Waals surface area contributed by atoms with Gasteiger partial charge < -0.3 is 109 Å². The van der Waals surface area contributed by atoms with E-state index in [9.17, 15) is 79.0 Å². The third-order valence-electron chi connectivity index (χ3n) is 20.0. The number of carbonyl (C=O) groups is 1. The molecule has 84 heavy (non-hydrogen) atoms. The number of ether oxygens (including phenoxy) is 10. The van der Waals surface area contributed by atoms with E-state index >= 15 is 0 Å². The van der Waals surface area contributed by atoms with Crippen LogP contribution in [0.2, 0.25) is 0 Å². The van der Waals surface area contributed by atoms with E-state index in [2.05, 4.69) is 19.9 Å². The van der Waals surface area contributed by atoms with Crippen LogP contribution in [0.4, 0.5) is 0 Å². The molecule has 5 saturated heterocycles. The van der Waals surface area contributed by atoms with Crippen molar-refractivity contribution >= 4 is 16.2 Å². The van der Waals surface area contributed by atoms with Gasteiger partial charge >= 0.3 is 10.4 Å². The first kappa shape index (κ1) is 66.6. The first-order chi connectivity index (χ1) is 39.1. The highest BCUT2D eigenvalue weighted by Crippen LogP contribution is 2.67. The zero-order valence-corrected chi connectivity index (χ0v) is 49.6. The minimum Gasteiger partial charge on any atom is -0.389 e. The monoisotopic (exact) mass is 1230 g/mol. The summed E-state index contributed by atoms with van der Waals surface area (Å²) in [6.07, 6.45) is -34.3. The maximum Gasteiger partial charge on any atom is 0.397 e. The molecule has 9 aliphatic rings. The van der Waals surface area contributed by atoms with Crippen LogP contribution in [0.15, 0.2) is 23.3 Å². The lowest BCUT2D eigenvalue weighted by molar-refractivity contribution is -0.397. The van der Waals surface area contributed by atoms with Gasteiger partial charge in [0.05, 0.1) is 48.8 Å². The second kappa shape index (κ2) is 25.4. The van der Waals surface area contributed by atoms with Crippen LogP contribution in [-0.2, 0) is 66.7 Å². The maximum atomic E-state index is 13.1. The predicted molar refractivity (Wildman–Crippen MR) is 284 cm³/mol. The minimum absolute atomic E-state index is 0.00865. The van der Waals surface area contributed by atoms with Crippen molar-refractivity contribution < 1.29 is 131 Å². The van der Waals surface area contributed by atoms with Crippen LogP contribution in [0.3, 0.4) is 0 Å². The van der Waals surface area contributed by atoms with E-state index in [1.165, 1.54) is 33.8 Å². The summed E-state index contributed by atoms with van der Waals surface area (Å²) in [5, 5.41) is 135. The molecule has 0 aromatic rings. The lowest BCUT2D eigenvalue weighted by Crippen LogP contribution is -2.66. The van der Waals surface area contributed by atoms with Crippen molar-refractivity contribution in [3.63, 3.8) is 0 Å². The number of rotatable bonds is 16. The first-order valence-electron chi connectivity index (χ1n) is 29.4. The fraction of sp³-hybridized carbons (Fsp3) is 0.911. The summed E-state index contributed by atoms with van der Waals surface area (Å²) in [5.41, 5.74) is -0.475. The predicted octanol–water partition coefficient (Wildman–Crippen LogP) is -1.73. The van der Waals surface area contributed by atoms with Gasteiger partial charge in [-0.05, 0) is 134 Å². The van der Waals surface area contributed by atoms with Crippen molar-refractivity contribution in [1.29, 1.82) is 0 Å². The molecule has 4 unspecified atom stereocenters. The molecule has 0 aromatic heterocycles. The summed E-state index contributed by atoms with van der Waals surface area (Å²) in [7, 11) is -4.88. The second-order valence-corrected chi connectivity index (χ2v) is 27.2. The first-order valence-corrected chi connectivity index (χ1v) is 30.8. The second-order valence-electron chi connectivity index (χ2n) is 26.2. The largest absolute Gasteiger partial charge is 0.397 e. The topological polar surface area (TPSA) is 416 Å².